The van der Waals surface area contributed by atoms with Gasteiger partial charge in [0.25, 0.3) is 5.91 Å². The van der Waals surface area contributed by atoms with Crippen molar-refractivity contribution in [3.8, 4) is 0 Å². The van der Waals surface area contributed by atoms with Crippen LogP contribution in [0.2, 0.25) is 0 Å². The largest absolute Gasteiger partial charge is 0.467 e. The van der Waals surface area contributed by atoms with Crippen LogP contribution < -0.4 is 5.32 Å². The van der Waals surface area contributed by atoms with E-state index in [-0.39, 0.29) is 47.9 Å². The summed E-state index contributed by atoms with van der Waals surface area (Å²) in [5, 5.41) is 8.09. The lowest BCUT2D eigenvalue weighted by molar-refractivity contribution is -0.133. The Morgan fingerprint density at radius 2 is 2.25 bits per heavy atom. The average Bonchev–Trinajstić information content (AvgIpc) is 3.17. The summed E-state index contributed by atoms with van der Waals surface area (Å²) in [6.07, 6.45) is 2.27. The van der Waals surface area contributed by atoms with Gasteiger partial charge < -0.3 is 9.73 Å². The predicted molar refractivity (Wildman–Crippen MR) is 85.8 cm³/mol. The Balaban J connectivity index is 1.71. The number of carbonyl (C=O) groups excluding carboxylic acids is 2. The van der Waals surface area contributed by atoms with Crippen molar-refractivity contribution in [1.82, 2.24) is 10.3 Å². The van der Waals surface area contributed by atoms with Gasteiger partial charge in [-0.2, -0.15) is 5.10 Å². The Labute approximate surface area is 139 Å². The summed E-state index contributed by atoms with van der Waals surface area (Å²) in [7, 11) is -3.13. The number of nitrogens with zero attached hydrogens (tertiary/aromatic N) is 2. The SMILES string of the molecule is CC(NC(=O)C1=NN(C2CCS(=O)(=O)C2)C(=O)CC1)c1ccco1. The molecule has 3 rings (SSSR count). The van der Waals surface area contributed by atoms with E-state index in [0.29, 0.717) is 12.2 Å². The molecule has 2 aliphatic rings. The van der Waals surface area contributed by atoms with Crippen LogP contribution in [0.15, 0.2) is 27.9 Å². The van der Waals surface area contributed by atoms with Crippen molar-refractivity contribution in [2.45, 2.75) is 38.3 Å². The molecule has 2 atom stereocenters. The standard InChI is InChI=1S/C15H19N3O5S/c1-10(13-3-2-7-23-13)16-15(20)12-4-5-14(19)18(17-12)11-6-8-24(21,22)9-11/h2-3,7,10-11H,4-6,8-9H2,1H3,(H,16,20). The van der Waals surface area contributed by atoms with Crippen LogP contribution in [0.1, 0.15) is 38.0 Å². The lowest BCUT2D eigenvalue weighted by Gasteiger charge is -2.27. The van der Waals surface area contributed by atoms with Crippen LogP contribution in [-0.4, -0.2) is 48.5 Å². The van der Waals surface area contributed by atoms with Crippen molar-refractivity contribution < 1.29 is 22.4 Å². The van der Waals surface area contributed by atoms with Crippen LogP contribution in [0.4, 0.5) is 0 Å². The van der Waals surface area contributed by atoms with E-state index in [2.05, 4.69) is 10.4 Å². The second kappa shape index (κ2) is 6.39. The fraction of sp³-hybridized carbons (Fsp3) is 0.533. The third kappa shape index (κ3) is 3.50. The van der Waals surface area contributed by atoms with Gasteiger partial charge in [0, 0.05) is 12.8 Å². The van der Waals surface area contributed by atoms with Crippen molar-refractivity contribution in [2.24, 2.45) is 5.10 Å². The molecule has 3 heterocycles. The fourth-order valence-corrected chi connectivity index (χ4v) is 4.57. The number of hydrogen-bond donors (Lipinski definition) is 1. The van der Waals surface area contributed by atoms with E-state index < -0.39 is 15.9 Å². The molecule has 2 unspecified atom stereocenters. The molecule has 0 saturated carbocycles. The maximum absolute atomic E-state index is 12.4. The summed E-state index contributed by atoms with van der Waals surface area (Å²) in [6, 6.07) is 2.69. The Morgan fingerprint density at radius 3 is 2.88 bits per heavy atom. The van der Waals surface area contributed by atoms with Crippen molar-refractivity contribution in [1.29, 1.82) is 0 Å². The Morgan fingerprint density at radius 1 is 1.46 bits per heavy atom. The highest BCUT2D eigenvalue weighted by Gasteiger charge is 2.37. The smallest absolute Gasteiger partial charge is 0.268 e. The van der Waals surface area contributed by atoms with E-state index >= 15 is 0 Å². The molecule has 24 heavy (non-hydrogen) atoms. The average molecular weight is 353 g/mol. The van der Waals surface area contributed by atoms with E-state index in [1.54, 1.807) is 19.1 Å². The monoisotopic (exact) mass is 353 g/mol. The quantitative estimate of drug-likeness (QED) is 0.853. The van der Waals surface area contributed by atoms with Gasteiger partial charge >= 0.3 is 0 Å². The molecule has 2 amide bonds. The number of furan rings is 1. The maximum atomic E-state index is 12.4. The van der Waals surface area contributed by atoms with Crippen LogP contribution in [0.5, 0.6) is 0 Å². The zero-order valence-corrected chi connectivity index (χ0v) is 14.1. The van der Waals surface area contributed by atoms with Crippen LogP contribution in [-0.2, 0) is 19.4 Å². The summed E-state index contributed by atoms with van der Waals surface area (Å²) in [6.45, 7) is 1.78. The first kappa shape index (κ1) is 16.7. The zero-order chi connectivity index (χ0) is 17.3. The number of hydrogen-bond acceptors (Lipinski definition) is 6. The molecule has 130 valence electrons. The first-order chi connectivity index (χ1) is 11.4. The number of rotatable bonds is 4. The molecule has 0 radical (unpaired) electrons. The van der Waals surface area contributed by atoms with Gasteiger partial charge in [-0.15, -0.1) is 0 Å². The lowest BCUT2D eigenvalue weighted by Crippen LogP contribution is -2.44. The van der Waals surface area contributed by atoms with Gasteiger partial charge in [-0.3, -0.25) is 9.59 Å². The molecule has 1 aromatic heterocycles. The molecule has 9 heteroatoms. The molecule has 0 spiro atoms. The molecule has 1 N–H and O–H groups in total. The van der Waals surface area contributed by atoms with Crippen molar-refractivity contribution >= 4 is 27.4 Å². The second-order valence-electron chi connectivity index (χ2n) is 6.05. The summed E-state index contributed by atoms with van der Waals surface area (Å²) in [5.74, 6) is -0.0481. The van der Waals surface area contributed by atoms with Crippen LogP contribution in [0.25, 0.3) is 0 Å². The summed E-state index contributed by atoms with van der Waals surface area (Å²) in [4.78, 5) is 24.4. The predicted octanol–water partition coefficient (Wildman–Crippen LogP) is 0.622. The zero-order valence-electron chi connectivity index (χ0n) is 13.3. The summed E-state index contributed by atoms with van der Waals surface area (Å²) < 4.78 is 28.5. The minimum absolute atomic E-state index is 0.0496. The molecule has 1 fully saturated rings. The molecule has 1 aromatic rings. The molecule has 0 bridgehead atoms. The summed E-state index contributed by atoms with van der Waals surface area (Å²) >= 11 is 0. The number of sulfone groups is 1. The molecule has 2 aliphatic heterocycles. The van der Waals surface area contributed by atoms with Crippen LogP contribution in [0.3, 0.4) is 0 Å². The number of carbonyl (C=O) groups is 2. The van der Waals surface area contributed by atoms with E-state index in [1.165, 1.54) is 11.3 Å². The molecular weight excluding hydrogens is 334 g/mol. The highest BCUT2D eigenvalue weighted by Crippen LogP contribution is 2.22. The number of hydrazone groups is 1. The fourth-order valence-electron chi connectivity index (χ4n) is 2.88. The van der Waals surface area contributed by atoms with Crippen LogP contribution >= 0.6 is 0 Å². The first-order valence-electron chi connectivity index (χ1n) is 7.80. The van der Waals surface area contributed by atoms with Gasteiger partial charge in [-0.1, -0.05) is 0 Å². The van der Waals surface area contributed by atoms with E-state index in [1.807, 2.05) is 0 Å². The van der Waals surface area contributed by atoms with E-state index in [4.69, 9.17) is 4.42 Å². The third-order valence-electron chi connectivity index (χ3n) is 4.19. The van der Waals surface area contributed by atoms with E-state index in [0.717, 1.165) is 0 Å². The summed E-state index contributed by atoms with van der Waals surface area (Å²) in [5.41, 5.74) is 0.234. The third-order valence-corrected chi connectivity index (χ3v) is 5.94. The topological polar surface area (TPSA) is 109 Å². The highest BCUT2D eigenvalue weighted by molar-refractivity contribution is 7.91. The maximum Gasteiger partial charge on any atom is 0.268 e. The molecule has 8 nitrogen and oxygen atoms in total. The normalized spacial score (nSPS) is 24.5. The van der Waals surface area contributed by atoms with E-state index in [9.17, 15) is 18.0 Å². The lowest BCUT2D eigenvalue weighted by atomic mass is 10.1. The number of amides is 2. The minimum Gasteiger partial charge on any atom is -0.467 e. The van der Waals surface area contributed by atoms with Crippen LogP contribution in [0, 0.1) is 0 Å². The first-order valence-corrected chi connectivity index (χ1v) is 9.62. The Bertz CT molecular complexity index is 769. The molecular formula is C15H19N3O5S. The van der Waals surface area contributed by atoms with Gasteiger partial charge in [-0.05, 0) is 25.5 Å². The Hall–Kier alpha value is -2.16. The molecule has 0 aliphatic carbocycles. The van der Waals surface area contributed by atoms with Gasteiger partial charge in [0.1, 0.15) is 11.5 Å². The second-order valence-corrected chi connectivity index (χ2v) is 8.28. The van der Waals surface area contributed by atoms with Crippen molar-refractivity contribution in [3.63, 3.8) is 0 Å². The van der Waals surface area contributed by atoms with Gasteiger partial charge in [0.2, 0.25) is 5.91 Å². The van der Waals surface area contributed by atoms with Gasteiger partial charge in [0.05, 0.1) is 29.9 Å². The molecule has 0 aromatic carbocycles. The number of nitrogens with one attached hydrogen (secondary N) is 1. The van der Waals surface area contributed by atoms with Gasteiger partial charge in [-0.25, -0.2) is 13.4 Å². The highest BCUT2D eigenvalue weighted by atomic mass is 32.2. The van der Waals surface area contributed by atoms with Crippen molar-refractivity contribution in [3.05, 3.63) is 24.2 Å². The minimum atomic E-state index is -3.13. The Kier molecular flexibility index (Phi) is 4.44. The van der Waals surface area contributed by atoms with Gasteiger partial charge in [0.15, 0.2) is 9.84 Å². The van der Waals surface area contributed by atoms with Crippen molar-refractivity contribution in [2.75, 3.05) is 11.5 Å². The molecule has 1 saturated heterocycles.